The van der Waals surface area contributed by atoms with Crippen LogP contribution in [0.4, 0.5) is 10.5 Å². The second-order valence-electron chi connectivity index (χ2n) is 8.21. The lowest BCUT2D eigenvalue weighted by molar-refractivity contribution is -0.156. The molecule has 2 rings (SSSR count). The molecule has 7 heteroatoms. The van der Waals surface area contributed by atoms with Crippen molar-refractivity contribution < 1.29 is 19.1 Å². The van der Waals surface area contributed by atoms with Crippen LogP contribution in [0.5, 0.6) is 0 Å². The summed E-state index contributed by atoms with van der Waals surface area (Å²) >= 11 is 0. The Morgan fingerprint density at radius 1 is 1.03 bits per heavy atom. The predicted octanol–water partition coefficient (Wildman–Crippen LogP) is 5.38. The van der Waals surface area contributed by atoms with Crippen LogP contribution in [-0.2, 0) is 20.7 Å². The lowest BCUT2D eigenvalue weighted by Crippen LogP contribution is -2.37. The van der Waals surface area contributed by atoms with Crippen molar-refractivity contribution in [3.05, 3.63) is 48.2 Å². The number of unbranched alkanes of at least 4 members (excludes halogenated alkanes) is 4. The Labute approximate surface area is 203 Å². The second kappa shape index (κ2) is 15.1. The molecule has 7 nitrogen and oxygen atoms in total. The second-order valence-corrected chi connectivity index (χ2v) is 8.21. The Bertz CT molecular complexity index is 886. The zero-order valence-corrected chi connectivity index (χ0v) is 21.0. The summed E-state index contributed by atoms with van der Waals surface area (Å²) in [7, 11) is 1.77. The summed E-state index contributed by atoms with van der Waals surface area (Å²) in [5.41, 5.74) is 3.39. The third-order valence-corrected chi connectivity index (χ3v) is 5.55. The SMILES string of the molecule is CCCCCCCNC(=O)N(C)c1cccc(-c2ccc(CC(OCC)C(=O)OCC)cn2)c1. The van der Waals surface area contributed by atoms with Crippen LogP contribution in [-0.4, -0.2) is 49.9 Å². The standard InChI is InChI=1S/C27H39N3O4/c1-5-8-9-10-11-17-28-27(32)30(4)23-14-12-13-22(19-23)24-16-15-21(20-29-24)18-25(33-6-2)26(31)34-7-3/h12-16,19-20,25H,5-11,17-18H2,1-4H3,(H,28,32). The van der Waals surface area contributed by atoms with Gasteiger partial charge in [0.05, 0.1) is 12.3 Å². The first kappa shape index (κ1) is 27.3. The van der Waals surface area contributed by atoms with Gasteiger partial charge in [-0.1, -0.05) is 50.8 Å². The number of pyridine rings is 1. The number of hydrogen-bond acceptors (Lipinski definition) is 5. The summed E-state index contributed by atoms with van der Waals surface area (Å²) < 4.78 is 10.6. The van der Waals surface area contributed by atoms with Crippen LogP contribution in [0.25, 0.3) is 11.3 Å². The lowest BCUT2D eigenvalue weighted by Gasteiger charge is -2.19. The maximum atomic E-state index is 12.5. The minimum Gasteiger partial charge on any atom is -0.464 e. The highest BCUT2D eigenvalue weighted by molar-refractivity contribution is 5.92. The number of urea groups is 1. The zero-order chi connectivity index (χ0) is 24.8. The van der Waals surface area contributed by atoms with Gasteiger partial charge < -0.3 is 14.8 Å². The summed E-state index contributed by atoms with van der Waals surface area (Å²) in [6.45, 7) is 7.26. The van der Waals surface area contributed by atoms with Crippen LogP contribution < -0.4 is 10.2 Å². The number of carbonyl (C=O) groups is 2. The van der Waals surface area contributed by atoms with E-state index in [4.69, 9.17) is 9.47 Å². The highest BCUT2D eigenvalue weighted by Gasteiger charge is 2.20. The smallest absolute Gasteiger partial charge is 0.335 e. The van der Waals surface area contributed by atoms with Crippen molar-refractivity contribution in [1.82, 2.24) is 10.3 Å². The van der Waals surface area contributed by atoms with Gasteiger partial charge >= 0.3 is 12.0 Å². The largest absolute Gasteiger partial charge is 0.464 e. The van der Waals surface area contributed by atoms with E-state index in [2.05, 4.69) is 17.2 Å². The molecular weight excluding hydrogens is 430 g/mol. The number of rotatable bonds is 14. The van der Waals surface area contributed by atoms with E-state index < -0.39 is 6.10 Å². The van der Waals surface area contributed by atoms with Crippen LogP contribution in [0.3, 0.4) is 0 Å². The van der Waals surface area contributed by atoms with E-state index in [1.54, 1.807) is 25.1 Å². The topological polar surface area (TPSA) is 80.8 Å². The Morgan fingerprint density at radius 2 is 1.82 bits per heavy atom. The Balaban J connectivity index is 1.99. The van der Waals surface area contributed by atoms with Crippen LogP contribution in [0.1, 0.15) is 58.4 Å². The molecule has 0 saturated heterocycles. The monoisotopic (exact) mass is 469 g/mol. The number of nitrogens with one attached hydrogen (secondary N) is 1. The minimum absolute atomic E-state index is 0.114. The van der Waals surface area contributed by atoms with Crippen molar-refractivity contribution in [3.8, 4) is 11.3 Å². The Hall–Kier alpha value is -2.93. The van der Waals surface area contributed by atoms with Crippen LogP contribution in [0.2, 0.25) is 0 Å². The summed E-state index contributed by atoms with van der Waals surface area (Å²) in [5, 5.41) is 2.99. The molecule has 1 atom stereocenters. The normalized spacial score (nSPS) is 11.6. The average Bonchev–Trinajstić information content (AvgIpc) is 2.86. The first-order valence-corrected chi connectivity index (χ1v) is 12.3. The molecule has 0 spiro atoms. The molecule has 0 fully saturated rings. The lowest BCUT2D eigenvalue weighted by atomic mass is 10.1. The molecule has 2 aromatic rings. The Kier molecular flexibility index (Phi) is 12.1. The summed E-state index contributed by atoms with van der Waals surface area (Å²) in [5.74, 6) is -0.358. The molecule has 1 N–H and O–H groups in total. The maximum absolute atomic E-state index is 12.5. The van der Waals surface area contributed by atoms with Gasteiger partial charge in [0.25, 0.3) is 0 Å². The van der Waals surface area contributed by atoms with Gasteiger partial charge in [0.2, 0.25) is 0 Å². The third-order valence-electron chi connectivity index (χ3n) is 5.55. The fourth-order valence-corrected chi connectivity index (χ4v) is 3.61. The minimum atomic E-state index is -0.639. The van der Waals surface area contributed by atoms with E-state index in [1.165, 1.54) is 19.3 Å². The van der Waals surface area contributed by atoms with Crippen LogP contribution in [0.15, 0.2) is 42.6 Å². The molecule has 186 valence electrons. The molecule has 1 aromatic carbocycles. The van der Waals surface area contributed by atoms with Gasteiger partial charge in [0.1, 0.15) is 0 Å². The van der Waals surface area contributed by atoms with Crippen molar-refractivity contribution in [2.24, 2.45) is 0 Å². The van der Waals surface area contributed by atoms with E-state index in [9.17, 15) is 9.59 Å². The van der Waals surface area contributed by atoms with Gasteiger partial charge in [-0.05, 0) is 44.0 Å². The number of ether oxygens (including phenoxy) is 2. The van der Waals surface area contributed by atoms with Gasteiger partial charge in [-0.3, -0.25) is 9.88 Å². The van der Waals surface area contributed by atoms with E-state index in [0.717, 1.165) is 35.3 Å². The van der Waals surface area contributed by atoms with Gasteiger partial charge in [-0.2, -0.15) is 0 Å². The molecule has 0 aliphatic carbocycles. The molecule has 0 saturated carbocycles. The molecule has 0 bridgehead atoms. The van der Waals surface area contributed by atoms with E-state index in [-0.39, 0.29) is 12.0 Å². The molecular formula is C27H39N3O4. The molecule has 1 heterocycles. The quantitative estimate of drug-likeness (QED) is 0.297. The highest BCUT2D eigenvalue weighted by atomic mass is 16.6. The summed E-state index contributed by atoms with van der Waals surface area (Å²) in [6, 6.07) is 11.5. The molecule has 1 aromatic heterocycles. The van der Waals surface area contributed by atoms with Gasteiger partial charge in [0, 0.05) is 44.1 Å². The van der Waals surface area contributed by atoms with Crippen LogP contribution >= 0.6 is 0 Å². The number of anilines is 1. The van der Waals surface area contributed by atoms with E-state index in [1.807, 2.05) is 43.3 Å². The van der Waals surface area contributed by atoms with Crippen molar-refractivity contribution >= 4 is 17.7 Å². The molecule has 0 aliphatic rings. The number of amides is 2. The number of aromatic nitrogens is 1. The molecule has 0 aliphatic heterocycles. The van der Waals surface area contributed by atoms with E-state index in [0.29, 0.717) is 26.2 Å². The number of benzene rings is 1. The first-order valence-electron chi connectivity index (χ1n) is 12.3. The van der Waals surface area contributed by atoms with Crippen molar-refractivity contribution in [3.63, 3.8) is 0 Å². The number of nitrogens with zero attached hydrogens (tertiary/aromatic N) is 2. The fraction of sp³-hybridized carbons (Fsp3) is 0.519. The van der Waals surface area contributed by atoms with Gasteiger partial charge in [-0.15, -0.1) is 0 Å². The van der Waals surface area contributed by atoms with Crippen LogP contribution in [0, 0.1) is 0 Å². The van der Waals surface area contributed by atoms with Crippen molar-refractivity contribution in [2.75, 3.05) is 31.7 Å². The maximum Gasteiger partial charge on any atom is 0.335 e. The number of hydrogen-bond donors (Lipinski definition) is 1. The van der Waals surface area contributed by atoms with Crippen molar-refractivity contribution in [2.45, 2.75) is 65.4 Å². The number of carbonyl (C=O) groups excluding carboxylic acids is 2. The highest BCUT2D eigenvalue weighted by Crippen LogP contribution is 2.23. The molecule has 1 unspecified atom stereocenters. The third kappa shape index (κ3) is 8.78. The van der Waals surface area contributed by atoms with E-state index >= 15 is 0 Å². The molecule has 34 heavy (non-hydrogen) atoms. The molecule has 2 amide bonds. The predicted molar refractivity (Wildman–Crippen MR) is 136 cm³/mol. The van der Waals surface area contributed by atoms with Gasteiger partial charge in [0.15, 0.2) is 6.10 Å². The summed E-state index contributed by atoms with van der Waals surface area (Å²) in [6.07, 6.45) is 7.32. The fourth-order valence-electron chi connectivity index (χ4n) is 3.61. The first-order chi connectivity index (χ1) is 16.5. The van der Waals surface area contributed by atoms with Crippen molar-refractivity contribution in [1.29, 1.82) is 0 Å². The number of esters is 1. The zero-order valence-electron chi connectivity index (χ0n) is 21.0. The Morgan fingerprint density at radius 3 is 2.50 bits per heavy atom. The molecule has 0 radical (unpaired) electrons. The average molecular weight is 470 g/mol. The summed E-state index contributed by atoms with van der Waals surface area (Å²) in [4.78, 5) is 30.8. The van der Waals surface area contributed by atoms with Gasteiger partial charge in [-0.25, -0.2) is 9.59 Å².